The molecule has 4 N–H and O–H groups in total. The number of rotatable bonds is 5. The van der Waals surface area contributed by atoms with Crippen LogP contribution in [0.25, 0.3) is 0 Å². The van der Waals surface area contributed by atoms with E-state index < -0.39 is 0 Å². The molecule has 1 aliphatic rings. The normalized spacial score (nSPS) is 17.4. The lowest BCUT2D eigenvalue weighted by molar-refractivity contribution is 0.318. The number of oxime groups is 1. The summed E-state index contributed by atoms with van der Waals surface area (Å²) in [4.78, 5) is 0. The zero-order chi connectivity index (χ0) is 14.4. The second-order valence-electron chi connectivity index (χ2n) is 5.42. The molecule has 1 fully saturated rings. The Balaban J connectivity index is 1.94. The van der Waals surface area contributed by atoms with Gasteiger partial charge in [0, 0.05) is 12.1 Å². The molecular weight excluding hydrogens is 257 g/mol. The van der Waals surface area contributed by atoms with Crippen molar-refractivity contribution < 1.29 is 9.60 Å². The molecule has 0 amide bonds. The van der Waals surface area contributed by atoms with Crippen LogP contribution < -0.4 is 11.1 Å². The van der Waals surface area contributed by atoms with Gasteiger partial charge in [0.1, 0.15) is 5.82 Å². The molecule has 110 valence electrons. The van der Waals surface area contributed by atoms with Crippen LogP contribution in [0.2, 0.25) is 0 Å². The van der Waals surface area contributed by atoms with E-state index in [1.807, 2.05) is 0 Å². The summed E-state index contributed by atoms with van der Waals surface area (Å²) < 4.78 is 13.2. The zero-order valence-corrected chi connectivity index (χ0v) is 11.6. The summed E-state index contributed by atoms with van der Waals surface area (Å²) in [5.41, 5.74) is 6.88. The van der Waals surface area contributed by atoms with Crippen molar-refractivity contribution in [1.82, 2.24) is 5.32 Å². The van der Waals surface area contributed by atoms with Crippen LogP contribution in [0.3, 0.4) is 0 Å². The van der Waals surface area contributed by atoms with Gasteiger partial charge in [-0.3, -0.25) is 0 Å². The molecule has 20 heavy (non-hydrogen) atoms. The van der Waals surface area contributed by atoms with Gasteiger partial charge >= 0.3 is 0 Å². The highest BCUT2D eigenvalue weighted by molar-refractivity contribution is 5.98. The summed E-state index contributed by atoms with van der Waals surface area (Å²) in [7, 11) is 0. The molecule has 5 heteroatoms. The fourth-order valence-corrected chi connectivity index (χ4v) is 2.80. The van der Waals surface area contributed by atoms with Gasteiger partial charge in [-0.2, -0.15) is 0 Å². The quantitative estimate of drug-likeness (QED) is 0.336. The minimum Gasteiger partial charge on any atom is -0.409 e. The van der Waals surface area contributed by atoms with Crippen molar-refractivity contribution in [3.8, 4) is 0 Å². The summed E-state index contributed by atoms with van der Waals surface area (Å²) in [6, 6.07) is 4.37. The molecule has 0 saturated heterocycles. The molecule has 0 unspecified atom stereocenters. The zero-order valence-electron chi connectivity index (χ0n) is 11.6. The molecule has 0 aromatic heterocycles. The Kier molecular flexibility index (Phi) is 5.35. The number of halogens is 1. The van der Waals surface area contributed by atoms with Gasteiger partial charge in [0.2, 0.25) is 0 Å². The lowest BCUT2D eigenvalue weighted by atomic mass is 9.89. The van der Waals surface area contributed by atoms with Crippen molar-refractivity contribution in [1.29, 1.82) is 0 Å². The minimum atomic E-state index is -0.386. The standard InChI is InChI=1S/C15H22FN3O/c16-13-7-6-12(14(8-13)15(17)19-20)10-18-9-11-4-2-1-3-5-11/h6-8,11,18,20H,1-5,9-10H2,(H2,17,19). The molecule has 1 saturated carbocycles. The average Bonchev–Trinajstić information content (AvgIpc) is 2.49. The number of amidine groups is 1. The van der Waals surface area contributed by atoms with Gasteiger partial charge in [-0.05, 0) is 43.0 Å². The summed E-state index contributed by atoms with van der Waals surface area (Å²) in [5.74, 6) is 0.290. The van der Waals surface area contributed by atoms with Crippen LogP contribution in [-0.4, -0.2) is 17.6 Å². The molecular formula is C15H22FN3O. The summed E-state index contributed by atoms with van der Waals surface area (Å²) >= 11 is 0. The van der Waals surface area contributed by atoms with Crippen LogP contribution in [0.1, 0.15) is 43.2 Å². The predicted molar refractivity (Wildman–Crippen MR) is 77.2 cm³/mol. The number of hydrogen-bond donors (Lipinski definition) is 3. The topological polar surface area (TPSA) is 70.6 Å². The van der Waals surface area contributed by atoms with Crippen LogP contribution in [0.5, 0.6) is 0 Å². The first-order valence-corrected chi connectivity index (χ1v) is 7.17. The lowest BCUT2D eigenvalue weighted by Crippen LogP contribution is -2.26. The van der Waals surface area contributed by atoms with Gasteiger partial charge < -0.3 is 16.3 Å². The van der Waals surface area contributed by atoms with Crippen LogP contribution in [0.15, 0.2) is 23.4 Å². The Morgan fingerprint density at radius 2 is 2.10 bits per heavy atom. The summed E-state index contributed by atoms with van der Waals surface area (Å²) in [5, 5.41) is 15.1. The van der Waals surface area contributed by atoms with Gasteiger partial charge in [-0.15, -0.1) is 0 Å². The molecule has 0 spiro atoms. The third kappa shape index (κ3) is 3.93. The van der Waals surface area contributed by atoms with Crippen molar-refractivity contribution in [3.05, 3.63) is 35.1 Å². The fourth-order valence-electron chi connectivity index (χ4n) is 2.80. The fraction of sp³-hybridized carbons (Fsp3) is 0.533. The van der Waals surface area contributed by atoms with Crippen LogP contribution in [0.4, 0.5) is 4.39 Å². The van der Waals surface area contributed by atoms with E-state index in [4.69, 9.17) is 10.9 Å². The van der Waals surface area contributed by atoms with Crippen molar-refractivity contribution in [2.45, 2.75) is 38.6 Å². The lowest BCUT2D eigenvalue weighted by Gasteiger charge is -2.22. The maximum Gasteiger partial charge on any atom is 0.170 e. The van der Waals surface area contributed by atoms with Crippen molar-refractivity contribution in [2.75, 3.05) is 6.54 Å². The largest absolute Gasteiger partial charge is 0.409 e. The Hall–Kier alpha value is -1.62. The van der Waals surface area contributed by atoms with Crippen LogP contribution in [-0.2, 0) is 6.54 Å². The van der Waals surface area contributed by atoms with Gasteiger partial charge in [0.15, 0.2) is 5.84 Å². The highest BCUT2D eigenvalue weighted by Gasteiger charge is 2.13. The van der Waals surface area contributed by atoms with E-state index in [0.29, 0.717) is 12.1 Å². The highest BCUT2D eigenvalue weighted by atomic mass is 19.1. The van der Waals surface area contributed by atoms with E-state index in [-0.39, 0.29) is 11.7 Å². The first-order chi connectivity index (χ1) is 9.70. The smallest absolute Gasteiger partial charge is 0.170 e. The maximum atomic E-state index is 13.2. The molecule has 4 nitrogen and oxygen atoms in total. The SMILES string of the molecule is NC(=NO)c1cc(F)ccc1CNCC1CCCCC1. The molecule has 0 aliphatic heterocycles. The van der Waals surface area contributed by atoms with Gasteiger partial charge in [-0.1, -0.05) is 30.5 Å². The number of nitrogens with one attached hydrogen (secondary N) is 1. The Morgan fingerprint density at radius 3 is 2.80 bits per heavy atom. The molecule has 0 bridgehead atoms. The van der Waals surface area contributed by atoms with Crippen molar-refractivity contribution in [3.63, 3.8) is 0 Å². The Labute approximate surface area is 118 Å². The first-order valence-electron chi connectivity index (χ1n) is 7.17. The second-order valence-corrected chi connectivity index (χ2v) is 5.42. The monoisotopic (exact) mass is 279 g/mol. The van der Waals surface area contributed by atoms with Crippen LogP contribution in [0, 0.1) is 11.7 Å². The van der Waals surface area contributed by atoms with E-state index in [0.717, 1.165) is 18.0 Å². The Morgan fingerprint density at radius 1 is 1.35 bits per heavy atom. The Bertz CT molecular complexity index is 470. The second kappa shape index (κ2) is 7.24. The van der Waals surface area contributed by atoms with Crippen molar-refractivity contribution >= 4 is 5.84 Å². The highest BCUT2D eigenvalue weighted by Crippen LogP contribution is 2.23. The third-order valence-electron chi connectivity index (χ3n) is 3.93. The number of nitrogens with two attached hydrogens (primary N) is 1. The summed E-state index contributed by atoms with van der Waals surface area (Å²) in [6.07, 6.45) is 6.55. The molecule has 0 heterocycles. The van der Waals surface area contributed by atoms with E-state index in [1.54, 1.807) is 6.07 Å². The van der Waals surface area contributed by atoms with E-state index in [1.165, 1.54) is 44.2 Å². The molecule has 0 atom stereocenters. The van der Waals surface area contributed by atoms with E-state index in [2.05, 4.69) is 10.5 Å². The third-order valence-corrected chi connectivity index (χ3v) is 3.93. The molecule has 1 aliphatic carbocycles. The molecule has 1 aromatic carbocycles. The number of nitrogens with zero attached hydrogens (tertiary/aromatic N) is 1. The number of hydrogen-bond acceptors (Lipinski definition) is 3. The molecule has 2 rings (SSSR count). The minimum absolute atomic E-state index is 0.0565. The van der Waals surface area contributed by atoms with Gasteiger partial charge in [0.25, 0.3) is 0 Å². The number of benzene rings is 1. The van der Waals surface area contributed by atoms with Crippen LogP contribution >= 0.6 is 0 Å². The van der Waals surface area contributed by atoms with Gasteiger partial charge in [-0.25, -0.2) is 4.39 Å². The molecule has 0 radical (unpaired) electrons. The first kappa shape index (κ1) is 14.8. The average molecular weight is 279 g/mol. The van der Waals surface area contributed by atoms with E-state index >= 15 is 0 Å². The van der Waals surface area contributed by atoms with Gasteiger partial charge in [0.05, 0.1) is 0 Å². The predicted octanol–water partition coefficient (Wildman–Crippen LogP) is 2.59. The molecule has 1 aromatic rings. The summed E-state index contributed by atoms with van der Waals surface area (Å²) in [6.45, 7) is 1.56. The van der Waals surface area contributed by atoms with Crippen molar-refractivity contribution in [2.24, 2.45) is 16.8 Å². The maximum absolute atomic E-state index is 13.2. The van der Waals surface area contributed by atoms with E-state index in [9.17, 15) is 4.39 Å².